The molecule has 1 aliphatic heterocycles. The van der Waals surface area contributed by atoms with Gasteiger partial charge in [0.05, 0.1) is 12.3 Å². The van der Waals surface area contributed by atoms with Gasteiger partial charge in [0.25, 0.3) is 0 Å². The summed E-state index contributed by atoms with van der Waals surface area (Å²) in [6, 6.07) is 6.42. The van der Waals surface area contributed by atoms with Crippen LogP contribution in [-0.2, 0) is 9.59 Å². The lowest BCUT2D eigenvalue weighted by molar-refractivity contribution is -0.131. The van der Waals surface area contributed by atoms with Crippen LogP contribution in [0.15, 0.2) is 24.3 Å². The summed E-state index contributed by atoms with van der Waals surface area (Å²) in [5.74, 6) is -0.780. The Morgan fingerprint density at radius 3 is 2.63 bits per heavy atom. The average molecular weight is 412 g/mol. The molecule has 1 aromatic rings. The minimum Gasteiger partial charge on any atom is -0.352 e. The van der Waals surface area contributed by atoms with Gasteiger partial charge in [0.1, 0.15) is 10.1 Å². The minimum atomic E-state index is -0.427. The number of benzene rings is 1. The third-order valence-corrected chi connectivity index (χ3v) is 6.05. The van der Waals surface area contributed by atoms with Crippen molar-refractivity contribution in [2.45, 2.75) is 45.2 Å². The highest BCUT2D eigenvalue weighted by atomic mass is 32.2. The van der Waals surface area contributed by atoms with Crippen LogP contribution in [0.2, 0.25) is 0 Å². The second-order valence-electron chi connectivity index (χ2n) is 6.90. The number of hydrogen-bond acceptors (Lipinski definition) is 4. The second-order valence-corrected chi connectivity index (χ2v) is 8.51. The lowest BCUT2D eigenvalue weighted by Gasteiger charge is -2.40. The van der Waals surface area contributed by atoms with Gasteiger partial charge < -0.3 is 15.1 Å². The van der Waals surface area contributed by atoms with Gasteiger partial charge in [-0.2, -0.15) is 0 Å². The Balaban J connectivity index is 1.79. The van der Waals surface area contributed by atoms with E-state index in [0.717, 1.165) is 17.2 Å². The highest BCUT2D eigenvalue weighted by Crippen LogP contribution is 2.26. The molecular weight excluding hydrogens is 385 g/mol. The molecule has 8 heteroatoms. The number of hydrogen-bond donors (Lipinski definition) is 1. The SMILES string of the molecule is C[C@@H]1CCC[C@H](C)N1C(=S)SCC(=O)N(C)CC(=O)Nc1cccc(F)c1. The maximum absolute atomic E-state index is 13.2. The number of likely N-dealkylation sites (tertiary alicyclic amines) is 1. The Morgan fingerprint density at radius 2 is 2.00 bits per heavy atom. The van der Waals surface area contributed by atoms with Crippen molar-refractivity contribution in [1.29, 1.82) is 0 Å². The molecule has 1 aromatic carbocycles. The standard InChI is InChI=1S/C19H26FN3O2S2/c1-13-6-4-7-14(2)23(13)19(26)27-12-18(25)22(3)11-17(24)21-16-9-5-8-15(20)10-16/h5,8-10,13-14H,4,6-7,11-12H2,1-3H3,(H,21,24)/t13-,14+. The van der Waals surface area contributed by atoms with Crippen molar-refractivity contribution in [2.75, 3.05) is 24.7 Å². The summed E-state index contributed by atoms with van der Waals surface area (Å²) in [6.07, 6.45) is 3.42. The summed E-state index contributed by atoms with van der Waals surface area (Å²) in [5.41, 5.74) is 0.365. The third-order valence-electron chi connectivity index (χ3n) is 4.64. The number of halogens is 1. The first-order chi connectivity index (χ1) is 12.8. The van der Waals surface area contributed by atoms with Crippen LogP contribution in [0.1, 0.15) is 33.1 Å². The fraction of sp³-hybridized carbons (Fsp3) is 0.526. The monoisotopic (exact) mass is 411 g/mol. The van der Waals surface area contributed by atoms with Crippen molar-refractivity contribution < 1.29 is 14.0 Å². The fourth-order valence-electron chi connectivity index (χ4n) is 3.16. The summed E-state index contributed by atoms with van der Waals surface area (Å²) in [4.78, 5) is 27.9. The molecule has 0 saturated carbocycles. The molecule has 0 radical (unpaired) electrons. The van der Waals surface area contributed by atoms with Crippen LogP contribution in [0.4, 0.5) is 10.1 Å². The van der Waals surface area contributed by atoms with E-state index in [2.05, 4.69) is 24.1 Å². The normalized spacial score (nSPS) is 19.5. The van der Waals surface area contributed by atoms with E-state index in [-0.39, 0.29) is 24.1 Å². The van der Waals surface area contributed by atoms with Crippen LogP contribution < -0.4 is 5.32 Å². The third kappa shape index (κ3) is 6.46. The van der Waals surface area contributed by atoms with Crippen molar-refractivity contribution in [3.63, 3.8) is 0 Å². The van der Waals surface area contributed by atoms with Crippen molar-refractivity contribution in [3.8, 4) is 0 Å². The number of rotatable bonds is 5. The summed E-state index contributed by atoms with van der Waals surface area (Å²) in [7, 11) is 1.57. The van der Waals surface area contributed by atoms with Gasteiger partial charge >= 0.3 is 0 Å². The zero-order valence-electron chi connectivity index (χ0n) is 15.9. The van der Waals surface area contributed by atoms with Gasteiger partial charge in [0.2, 0.25) is 11.8 Å². The molecule has 2 rings (SSSR count). The average Bonchev–Trinajstić information content (AvgIpc) is 2.59. The number of anilines is 1. The first kappa shape index (κ1) is 21.6. The van der Waals surface area contributed by atoms with Crippen LogP contribution in [0.25, 0.3) is 0 Å². The molecule has 0 unspecified atom stereocenters. The molecule has 27 heavy (non-hydrogen) atoms. The fourth-order valence-corrected chi connectivity index (χ4v) is 4.67. The minimum absolute atomic E-state index is 0.0980. The lowest BCUT2D eigenvalue weighted by atomic mass is 9.99. The van der Waals surface area contributed by atoms with Crippen molar-refractivity contribution in [1.82, 2.24) is 9.80 Å². The maximum atomic E-state index is 13.2. The number of likely N-dealkylation sites (N-methyl/N-ethyl adjacent to an activating group) is 1. The number of carbonyl (C=O) groups excluding carboxylic acids is 2. The van der Waals surface area contributed by atoms with E-state index in [4.69, 9.17) is 12.2 Å². The first-order valence-electron chi connectivity index (χ1n) is 9.02. The van der Waals surface area contributed by atoms with Gasteiger partial charge in [-0.05, 0) is 51.3 Å². The molecular formula is C19H26FN3O2S2. The van der Waals surface area contributed by atoms with Gasteiger partial charge in [0, 0.05) is 24.8 Å². The molecule has 1 N–H and O–H groups in total. The van der Waals surface area contributed by atoms with Gasteiger partial charge in [-0.1, -0.05) is 30.0 Å². The van der Waals surface area contributed by atoms with E-state index in [1.165, 1.54) is 41.3 Å². The Bertz CT molecular complexity index is 691. The lowest BCUT2D eigenvalue weighted by Crippen LogP contribution is -2.46. The van der Waals surface area contributed by atoms with Crippen LogP contribution in [-0.4, -0.2) is 57.4 Å². The molecule has 0 aromatic heterocycles. The number of amides is 2. The molecule has 1 saturated heterocycles. The van der Waals surface area contributed by atoms with Gasteiger partial charge in [-0.15, -0.1) is 0 Å². The molecule has 0 aliphatic carbocycles. The van der Waals surface area contributed by atoms with Crippen LogP contribution >= 0.6 is 24.0 Å². The van der Waals surface area contributed by atoms with E-state index >= 15 is 0 Å². The number of carbonyl (C=O) groups is 2. The molecule has 1 aliphatic rings. The van der Waals surface area contributed by atoms with E-state index in [0.29, 0.717) is 17.8 Å². The molecule has 1 heterocycles. The predicted molar refractivity (Wildman–Crippen MR) is 112 cm³/mol. The van der Waals surface area contributed by atoms with Gasteiger partial charge in [-0.25, -0.2) is 4.39 Å². The summed E-state index contributed by atoms with van der Waals surface area (Å²) >= 11 is 6.87. The molecule has 0 spiro atoms. The maximum Gasteiger partial charge on any atom is 0.243 e. The molecule has 2 amide bonds. The molecule has 2 atom stereocenters. The topological polar surface area (TPSA) is 52.7 Å². The van der Waals surface area contributed by atoms with Crippen LogP contribution in [0, 0.1) is 5.82 Å². The van der Waals surface area contributed by atoms with E-state index < -0.39 is 5.82 Å². The number of nitrogens with one attached hydrogen (secondary N) is 1. The highest BCUT2D eigenvalue weighted by Gasteiger charge is 2.27. The summed E-state index contributed by atoms with van der Waals surface area (Å²) in [6.45, 7) is 4.22. The van der Waals surface area contributed by atoms with Crippen molar-refractivity contribution >= 4 is 45.8 Å². The summed E-state index contributed by atoms with van der Waals surface area (Å²) in [5, 5.41) is 2.58. The molecule has 148 valence electrons. The largest absolute Gasteiger partial charge is 0.352 e. The number of piperidine rings is 1. The molecule has 0 bridgehead atoms. The molecule has 5 nitrogen and oxygen atoms in total. The summed E-state index contributed by atoms with van der Waals surface area (Å²) < 4.78 is 13.9. The van der Waals surface area contributed by atoms with Crippen molar-refractivity contribution in [3.05, 3.63) is 30.1 Å². The van der Waals surface area contributed by atoms with Crippen LogP contribution in [0.3, 0.4) is 0 Å². The number of thiocarbonyl (C=S) groups is 1. The molecule has 1 fully saturated rings. The quantitative estimate of drug-likeness (QED) is 0.752. The van der Waals surface area contributed by atoms with Gasteiger partial charge in [0.15, 0.2) is 0 Å². The van der Waals surface area contributed by atoms with E-state index in [9.17, 15) is 14.0 Å². The second kappa shape index (κ2) is 10.0. The smallest absolute Gasteiger partial charge is 0.243 e. The number of thioether (sulfide) groups is 1. The Morgan fingerprint density at radius 1 is 1.33 bits per heavy atom. The van der Waals surface area contributed by atoms with Crippen molar-refractivity contribution in [2.24, 2.45) is 0 Å². The Hall–Kier alpha value is -1.67. The highest BCUT2D eigenvalue weighted by molar-refractivity contribution is 8.23. The van der Waals surface area contributed by atoms with Gasteiger partial charge in [-0.3, -0.25) is 9.59 Å². The zero-order chi connectivity index (χ0) is 20.0. The number of nitrogens with zero attached hydrogens (tertiary/aromatic N) is 2. The zero-order valence-corrected chi connectivity index (χ0v) is 17.5. The predicted octanol–water partition coefficient (Wildman–Crippen LogP) is 3.50. The van der Waals surface area contributed by atoms with E-state index in [1.807, 2.05) is 0 Å². The van der Waals surface area contributed by atoms with E-state index in [1.54, 1.807) is 13.1 Å². The first-order valence-corrected chi connectivity index (χ1v) is 10.4. The Labute approximate surface area is 169 Å². The Kier molecular flexibility index (Phi) is 8.04. The van der Waals surface area contributed by atoms with Crippen LogP contribution in [0.5, 0.6) is 0 Å².